The molecule has 19 heavy (non-hydrogen) atoms. The molecule has 1 heterocycles. The van der Waals surface area contributed by atoms with Gasteiger partial charge >= 0.3 is 0 Å². The molecule has 0 atom stereocenters. The summed E-state index contributed by atoms with van der Waals surface area (Å²) in [7, 11) is 1.68. The number of ether oxygens (including phenoxy) is 1. The minimum absolute atomic E-state index is 0.207. The lowest BCUT2D eigenvalue weighted by Gasteiger charge is -2.02. The van der Waals surface area contributed by atoms with Gasteiger partial charge in [0.2, 0.25) is 5.91 Å². The maximum Gasteiger partial charge on any atom is 0.237 e. The molecule has 0 fully saturated rings. The van der Waals surface area contributed by atoms with Gasteiger partial charge in [-0.2, -0.15) is 0 Å². The standard InChI is InChI=1S/C14H19N3O2/c1-19-7-6-16-8-11-9-17(10-14(15)18)13-5-3-2-4-12(11)13/h2-5,9,16H,6-8,10H2,1H3,(H2,15,18). The highest BCUT2D eigenvalue weighted by molar-refractivity contribution is 5.85. The lowest BCUT2D eigenvalue weighted by molar-refractivity contribution is -0.118. The van der Waals surface area contributed by atoms with Crippen molar-refractivity contribution in [1.82, 2.24) is 9.88 Å². The first-order valence-electron chi connectivity index (χ1n) is 6.27. The molecule has 3 N–H and O–H groups in total. The van der Waals surface area contributed by atoms with Gasteiger partial charge in [-0.3, -0.25) is 4.79 Å². The summed E-state index contributed by atoms with van der Waals surface area (Å²) in [6.07, 6.45) is 1.98. The van der Waals surface area contributed by atoms with E-state index in [9.17, 15) is 4.79 Å². The summed E-state index contributed by atoms with van der Waals surface area (Å²) >= 11 is 0. The number of nitrogens with one attached hydrogen (secondary N) is 1. The Kier molecular flexibility index (Phi) is 4.54. The second kappa shape index (κ2) is 6.36. The number of nitrogens with zero attached hydrogens (tertiary/aromatic N) is 1. The molecule has 0 aliphatic rings. The summed E-state index contributed by atoms with van der Waals surface area (Å²) < 4.78 is 6.89. The summed E-state index contributed by atoms with van der Waals surface area (Å²) in [4.78, 5) is 11.1. The number of amides is 1. The molecule has 0 aliphatic heterocycles. The molecule has 0 spiro atoms. The Morgan fingerprint density at radius 3 is 2.95 bits per heavy atom. The number of primary amides is 1. The Morgan fingerprint density at radius 2 is 2.21 bits per heavy atom. The van der Waals surface area contributed by atoms with Crippen LogP contribution < -0.4 is 11.1 Å². The van der Waals surface area contributed by atoms with Crippen molar-refractivity contribution in [3.63, 3.8) is 0 Å². The van der Waals surface area contributed by atoms with E-state index in [0.717, 1.165) is 29.6 Å². The average Bonchev–Trinajstić information content (AvgIpc) is 2.73. The van der Waals surface area contributed by atoms with Crippen LogP contribution >= 0.6 is 0 Å². The highest BCUT2D eigenvalue weighted by atomic mass is 16.5. The van der Waals surface area contributed by atoms with Gasteiger partial charge in [0.1, 0.15) is 6.54 Å². The van der Waals surface area contributed by atoms with Crippen molar-refractivity contribution < 1.29 is 9.53 Å². The van der Waals surface area contributed by atoms with Crippen molar-refractivity contribution in [2.45, 2.75) is 13.1 Å². The van der Waals surface area contributed by atoms with E-state index in [1.54, 1.807) is 7.11 Å². The van der Waals surface area contributed by atoms with Crippen LogP contribution in [0.3, 0.4) is 0 Å². The SMILES string of the molecule is COCCNCc1cn(CC(N)=O)c2ccccc12. The number of nitrogens with two attached hydrogens (primary N) is 1. The number of hydrogen-bond donors (Lipinski definition) is 2. The minimum Gasteiger partial charge on any atom is -0.383 e. The average molecular weight is 261 g/mol. The molecule has 1 amide bonds. The number of carbonyl (C=O) groups is 1. The maximum absolute atomic E-state index is 11.1. The summed E-state index contributed by atoms with van der Waals surface area (Å²) in [5, 5.41) is 4.45. The number of carbonyl (C=O) groups excluding carboxylic acids is 1. The third-order valence-electron chi connectivity index (χ3n) is 3.00. The Hall–Kier alpha value is -1.85. The molecular weight excluding hydrogens is 242 g/mol. The third kappa shape index (κ3) is 3.33. The summed E-state index contributed by atoms with van der Waals surface area (Å²) in [5.74, 6) is -0.334. The maximum atomic E-state index is 11.1. The zero-order valence-electron chi connectivity index (χ0n) is 11.1. The van der Waals surface area contributed by atoms with Crippen molar-refractivity contribution in [2.24, 2.45) is 5.73 Å². The number of benzene rings is 1. The van der Waals surface area contributed by atoms with E-state index in [-0.39, 0.29) is 12.5 Å². The lowest BCUT2D eigenvalue weighted by atomic mass is 10.2. The van der Waals surface area contributed by atoms with Gasteiger partial charge < -0.3 is 20.4 Å². The van der Waals surface area contributed by atoms with Crippen LogP contribution in [0, 0.1) is 0 Å². The fraction of sp³-hybridized carbons (Fsp3) is 0.357. The van der Waals surface area contributed by atoms with Gasteiger partial charge in [-0.05, 0) is 11.6 Å². The number of fused-ring (bicyclic) bond motifs is 1. The van der Waals surface area contributed by atoms with Crippen LogP contribution in [0.5, 0.6) is 0 Å². The Morgan fingerprint density at radius 1 is 1.42 bits per heavy atom. The van der Waals surface area contributed by atoms with Crippen molar-refractivity contribution in [3.8, 4) is 0 Å². The minimum atomic E-state index is -0.334. The third-order valence-corrected chi connectivity index (χ3v) is 3.00. The van der Waals surface area contributed by atoms with Gasteiger partial charge in [0, 0.05) is 37.3 Å². The van der Waals surface area contributed by atoms with E-state index >= 15 is 0 Å². The van der Waals surface area contributed by atoms with E-state index in [1.165, 1.54) is 0 Å². The molecule has 0 saturated heterocycles. The fourth-order valence-electron chi connectivity index (χ4n) is 2.16. The van der Waals surface area contributed by atoms with Crippen LogP contribution in [-0.4, -0.2) is 30.7 Å². The van der Waals surface area contributed by atoms with E-state index in [4.69, 9.17) is 10.5 Å². The zero-order chi connectivity index (χ0) is 13.7. The van der Waals surface area contributed by atoms with Crippen LogP contribution in [0.1, 0.15) is 5.56 Å². The molecule has 5 nitrogen and oxygen atoms in total. The topological polar surface area (TPSA) is 69.3 Å². The molecular formula is C14H19N3O2. The first-order valence-corrected chi connectivity index (χ1v) is 6.27. The second-order valence-corrected chi connectivity index (χ2v) is 4.44. The van der Waals surface area contributed by atoms with Crippen molar-refractivity contribution in [2.75, 3.05) is 20.3 Å². The molecule has 1 aromatic heterocycles. The molecule has 0 saturated carbocycles. The van der Waals surface area contributed by atoms with Crippen molar-refractivity contribution >= 4 is 16.8 Å². The smallest absolute Gasteiger partial charge is 0.237 e. The zero-order valence-corrected chi connectivity index (χ0v) is 11.1. The van der Waals surface area contributed by atoms with Crippen LogP contribution in [0.2, 0.25) is 0 Å². The predicted molar refractivity (Wildman–Crippen MR) is 74.7 cm³/mol. The molecule has 2 rings (SSSR count). The van der Waals surface area contributed by atoms with Gasteiger partial charge in [0.15, 0.2) is 0 Å². The van der Waals surface area contributed by atoms with E-state index in [1.807, 2.05) is 29.0 Å². The van der Waals surface area contributed by atoms with Gasteiger partial charge in [0.05, 0.1) is 6.61 Å². The molecule has 0 aliphatic carbocycles. The fourth-order valence-corrected chi connectivity index (χ4v) is 2.16. The van der Waals surface area contributed by atoms with Gasteiger partial charge in [-0.15, -0.1) is 0 Å². The van der Waals surface area contributed by atoms with Gasteiger partial charge in [0.25, 0.3) is 0 Å². The molecule has 102 valence electrons. The number of rotatable bonds is 7. The van der Waals surface area contributed by atoms with Crippen molar-refractivity contribution in [1.29, 1.82) is 0 Å². The summed E-state index contributed by atoms with van der Waals surface area (Å²) in [5.41, 5.74) is 7.46. The van der Waals surface area contributed by atoms with E-state index in [0.29, 0.717) is 6.61 Å². The van der Waals surface area contributed by atoms with Gasteiger partial charge in [-0.25, -0.2) is 0 Å². The summed E-state index contributed by atoms with van der Waals surface area (Å²) in [6, 6.07) is 8.01. The van der Waals surface area contributed by atoms with Crippen molar-refractivity contribution in [3.05, 3.63) is 36.0 Å². The van der Waals surface area contributed by atoms with Gasteiger partial charge in [-0.1, -0.05) is 18.2 Å². The first kappa shape index (κ1) is 13.6. The number of hydrogen-bond acceptors (Lipinski definition) is 3. The number of methoxy groups -OCH3 is 1. The largest absolute Gasteiger partial charge is 0.383 e. The molecule has 5 heteroatoms. The number of aromatic nitrogens is 1. The van der Waals surface area contributed by atoms with Crippen LogP contribution in [0.4, 0.5) is 0 Å². The molecule has 0 radical (unpaired) electrons. The Balaban J connectivity index is 2.20. The molecule has 1 aromatic carbocycles. The Labute approximate surface area is 112 Å². The second-order valence-electron chi connectivity index (χ2n) is 4.44. The summed E-state index contributed by atoms with van der Waals surface area (Å²) in [6.45, 7) is 2.43. The Bertz CT molecular complexity index is 563. The highest BCUT2D eigenvalue weighted by Crippen LogP contribution is 2.21. The normalized spacial score (nSPS) is 11.0. The molecule has 0 unspecified atom stereocenters. The molecule has 0 bridgehead atoms. The van der Waals surface area contributed by atoms with Crippen LogP contribution in [0.25, 0.3) is 10.9 Å². The predicted octanol–water partition coefficient (Wildman–Crippen LogP) is 0.863. The van der Waals surface area contributed by atoms with Crippen LogP contribution in [0.15, 0.2) is 30.5 Å². The van der Waals surface area contributed by atoms with E-state index < -0.39 is 0 Å². The van der Waals surface area contributed by atoms with E-state index in [2.05, 4.69) is 11.4 Å². The highest BCUT2D eigenvalue weighted by Gasteiger charge is 2.08. The first-order chi connectivity index (χ1) is 9.22. The monoisotopic (exact) mass is 261 g/mol. The van der Waals surface area contributed by atoms with Crippen LogP contribution in [-0.2, 0) is 22.6 Å². The number of para-hydroxylation sites is 1. The quantitative estimate of drug-likeness (QED) is 0.726. The molecule has 2 aromatic rings. The lowest BCUT2D eigenvalue weighted by Crippen LogP contribution is -2.19.